The molecular weight excluding hydrogens is 274 g/mol. The topological polar surface area (TPSA) is 98.3 Å². The van der Waals surface area contributed by atoms with E-state index in [1.54, 1.807) is 12.3 Å². The van der Waals surface area contributed by atoms with Crippen LogP contribution in [0.5, 0.6) is 0 Å². The van der Waals surface area contributed by atoms with Crippen LogP contribution in [0.4, 0.5) is 5.69 Å². The summed E-state index contributed by atoms with van der Waals surface area (Å²) in [4.78, 5) is 21.5. The average molecular weight is 283 g/mol. The van der Waals surface area contributed by atoms with Crippen LogP contribution in [0.15, 0.2) is 48.7 Å². The number of carboxylic acids is 1. The van der Waals surface area contributed by atoms with Gasteiger partial charge in [-0.25, -0.2) is 9.48 Å². The van der Waals surface area contributed by atoms with Gasteiger partial charge in [0.2, 0.25) is 0 Å². The maximum absolute atomic E-state index is 11.4. The Kier molecular flexibility index (Phi) is 2.87. The first kappa shape index (κ1) is 12.8. The Hall–Kier alpha value is -3.22. The van der Waals surface area contributed by atoms with Gasteiger partial charge in [0.15, 0.2) is 0 Å². The smallest absolute Gasteiger partial charge is 0.338 e. The highest BCUT2D eigenvalue weighted by molar-refractivity contribution is 5.94. The molecule has 1 aromatic heterocycles. The van der Waals surface area contributed by atoms with Crippen LogP contribution in [0.3, 0.4) is 0 Å². The zero-order chi connectivity index (χ0) is 15.0. The van der Waals surface area contributed by atoms with Crippen molar-refractivity contribution >= 4 is 22.6 Å². The van der Waals surface area contributed by atoms with Gasteiger partial charge in [0, 0.05) is 17.5 Å². The van der Waals surface area contributed by atoms with Gasteiger partial charge < -0.3 is 5.11 Å². The van der Waals surface area contributed by atoms with E-state index >= 15 is 0 Å². The summed E-state index contributed by atoms with van der Waals surface area (Å²) in [6.07, 6.45) is 1.61. The third-order valence-electron chi connectivity index (χ3n) is 3.13. The predicted octanol–water partition coefficient (Wildman–Crippen LogP) is 2.63. The van der Waals surface area contributed by atoms with E-state index in [2.05, 4.69) is 5.10 Å². The molecule has 1 heterocycles. The van der Waals surface area contributed by atoms with E-state index in [0.717, 1.165) is 17.0 Å². The highest BCUT2D eigenvalue weighted by Gasteiger charge is 2.18. The van der Waals surface area contributed by atoms with Crippen LogP contribution in [0.1, 0.15) is 10.4 Å². The molecule has 7 nitrogen and oxygen atoms in total. The van der Waals surface area contributed by atoms with Gasteiger partial charge >= 0.3 is 5.97 Å². The summed E-state index contributed by atoms with van der Waals surface area (Å²) in [5, 5.41) is 25.1. The van der Waals surface area contributed by atoms with Gasteiger partial charge in [0.25, 0.3) is 5.69 Å². The summed E-state index contributed by atoms with van der Waals surface area (Å²) >= 11 is 0. The number of fused-ring (bicyclic) bond motifs is 1. The van der Waals surface area contributed by atoms with Crippen molar-refractivity contribution in [3.05, 3.63) is 64.3 Å². The van der Waals surface area contributed by atoms with Crippen LogP contribution in [-0.4, -0.2) is 25.8 Å². The Morgan fingerprint density at radius 1 is 1.24 bits per heavy atom. The van der Waals surface area contributed by atoms with Crippen molar-refractivity contribution in [2.24, 2.45) is 0 Å². The molecule has 0 fully saturated rings. The molecule has 104 valence electrons. The monoisotopic (exact) mass is 283 g/mol. The maximum Gasteiger partial charge on any atom is 0.338 e. The molecule has 0 spiro atoms. The second-order valence-electron chi connectivity index (χ2n) is 4.38. The molecule has 1 N–H and O–H groups in total. The quantitative estimate of drug-likeness (QED) is 0.588. The fraction of sp³-hybridized carbons (Fsp3) is 0. The first-order valence-corrected chi connectivity index (χ1v) is 6.03. The summed E-state index contributed by atoms with van der Waals surface area (Å²) in [6, 6.07) is 11.0. The molecule has 0 amide bonds. The van der Waals surface area contributed by atoms with E-state index in [0.29, 0.717) is 0 Å². The molecule has 3 rings (SSSR count). The molecule has 3 aromatic rings. The largest absolute Gasteiger partial charge is 0.478 e. The average Bonchev–Trinajstić information content (AvgIpc) is 2.90. The number of carbonyl (C=O) groups is 1. The lowest BCUT2D eigenvalue weighted by molar-refractivity contribution is -0.384. The Balaban J connectivity index is 2.27. The molecule has 0 saturated carbocycles. The normalized spacial score (nSPS) is 10.7. The van der Waals surface area contributed by atoms with E-state index in [1.165, 1.54) is 16.8 Å². The lowest BCUT2D eigenvalue weighted by atomic mass is 10.1. The van der Waals surface area contributed by atoms with E-state index in [1.807, 2.05) is 18.2 Å². The molecule has 0 atom stereocenters. The number of rotatable bonds is 3. The van der Waals surface area contributed by atoms with Crippen LogP contribution in [0.25, 0.3) is 16.6 Å². The highest BCUT2D eigenvalue weighted by atomic mass is 16.6. The zero-order valence-corrected chi connectivity index (χ0v) is 10.6. The Morgan fingerprint density at radius 3 is 2.71 bits per heavy atom. The number of hydrogen-bond donors (Lipinski definition) is 1. The van der Waals surface area contributed by atoms with Gasteiger partial charge in [-0.05, 0) is 12.1 Å². The molecule has 0 unspecified atom stereocenters. The van der Waals surface area contributed by atoms with Gasteiger partial charge in [-0.15, -0.1) is 0 Å². The van der Waals surface area contributed by atoms with Crippen molar-refractivity contribution in [2.75, 3.05) is 0 Å². The number of nitro groups is 1. The van der Waals surface area contributed by atoms with Gasteiger partial charge in [0.1, 0.15) is 0 Å². The summed E-state index contributed by atoms with van der Waals surface area (Å²) in [7, 11) is 0. The van der Waals surface area contributed by atoms with Gasteiger partial charge in [-0.2, -0.15) is 5.10 Å². The number of carboxylic acid groups (broad SMARTS) is 1. The second-order valence-corrected chi connectivity index (χ2v) is 4.38. The number of para-hydroxylation sites is 1. The Bertz CT molecular complexity index is 870. The Labute approximate surface area is 118 Å². The van der Waals surface area contributed by atoms with Crippen LogP contribution >= 0.6 is 0 Å². The lowest BCUT2D eigenvalue weighted by Crippen LogP contribution is -2.07. The molecule has 21 heavy (non-hydrogen) atoms. The number of benzene rings is 2. The second kappa shape index (κ2) is 4.71. The van der Waals surface area contributed by atoms with Crippen LogP contribution in [-0.2, 0) is 0 Å². The van der Waals surface area contributed by atoms with Crippen molar-refractivity contribution in [3.63, 3.8) is 0 Å². The van der Waals surface area contributed by atoms with E-state index < -0.39 is 10.9 Å². The molecule has 2 aromatic carbocycles. The molecule has 0 aliphatic carbocycles. The Morgan fingerprint density at radius 2 is 2.00 bits per heavy atom. The van der Waals surface area contributed by atoms with Gasteiger partial charge in [0.05, 0.1) is 27.9 Å². The van der Waals surface area contributed by atoms with Crippen molar-refractivity contribution in [3.8, 4) is 5.69 Å². The minimum absolute atomic E-state index is 0.168. The fourth-order valence-electron chi connectivity index (χ4n) is 2.16. The van der Waals surface area contributed by atoms with Crippen LogP contribution in [0.2, 0.25) is 0 Å². The first-order chi connectivity index (χ1) is 10.1. The van der Waals surface area contributed by atoms with Crippen LogP contribution in [0, 0.1) is 10.1 Å². The summed E-state index contributed by atoms with van der Waals surface area (Å²) in [5.74, 6) is -1.24. The molecule has 7 heteroatoms. The predicted molar refractivity (Wildman–Crippen MR) is 74.7 cm³/mol. The molecule has 0 aliphatic rings. The van der Waals surface area contributed by atoms with Crippen molar-refractivity contribution in [2.45, 2.75) is 0 Å². The fourth-order valence-corrected chi connectivity index (χ4v) is 2.16. The first-order valence-electron chi connectivity index (χ1n) is 6.03. The molecular formula is C14H9N3O4. The lowest BCUT2D eigenvalue weighted by Gasteiger charge is -2.07. The highest BCUT2D eigenvalue weighted by Crippen LogP contribution is 2.24. The molecule has 0 bridgehead atoms. The summed E-state index contributed by atoms with van der Waals surface area (Å²) in [6.45, 7) is 0. The van der Waals surface area contributed by atoms with Gasteiger partial charge in [-0.3, -0.25) is 10.1 Å². The van der Waals surface area contributed by atoms with Crippen molar-refractivity contribution in [1.29, 1.82) is 0 Å². The number of nitro benzene ring substituents is 1. The van der Waals surface area contributed by atoms with Crippen LogP contribution < -0.4 is 0 Å². The minimum Gasteiger partial charge on any atom is -0.478 e. The molecule has 0 saturated heterocycles. The van der Waals surface area contributed by atoms with E-state index in [9.17, 15) is 20.0 Å². The molecule has 0 radical (unpaired) electrons. The minimum atomic E-state index is -1.24. The number of nitrogens with zero attached hydrogens (tertiary/aromatic N) is 3. The zero-order valence-electron chi connectivity index (χ0n) is 10.6. The molecule has 0 aliphatic heterocycles. The van der Waals surface area contributed by atoms with Crippen molar-refractivity contribution < 1.29 is 14.8 Å². The number of aromatic nitrogens is 2. The SMILES string of the molecule is O=C(O)c1cc([N+](=O)[O-])ccc1-n1ncc2ccccc21. The third-order valence-corrected chi connectivity index (χ3v) is 3.13. The number of non-ortho nitro benzene ring substituents is 1. The van der Waals surface area contributed by atoms with E-state index in [-0.39, 0.29) is 16.9 Å². The maximum atomic E-state index is 11.4. The summed E-state index contributed by atoms with van der Waals surface area (Å²) < 4.78 is 1.46. The number of aromatic carboxylic acids is 1. The standard InChI is InChI=1S/C14H9N3O4/c18-14(19)11-7-10(17(20)21)5-6-13(11)16-12-4-2-1-3-9(12)8-15-16/h1-8H,(H,18,19). The van der Waals surface area contributed by atoms with Crippen molar-refractivity contribution in [1.82, 2.24) is 9.78 Å². The van der Waals surface area contributed by atoms with Gasteiger partial charge in [-0.1, -0.05) is 18.2 Å². The summed E-state index contributed by atoms with van der Waals surface area (Å²) in [5.41, 5.74) is 0.578. The third kappa shape index (κ3) is 2.10. The number of hydrogen-bond acceptors (Lipinski definition) is 4. The van der Waals surface area contributed by atoms with E-state index in [4.69, 9.17) is 0 Å².